The van der Waals surface area contributed by atoms with Gasteiger partial charge in [0, 0.05) is 10.9 Å². The molecule has 0 amide bonds. The number of hydrogen-bond acceptors (Lipinski definition) is 4. The van der Waals surface area contributed by atoms with Crippen molar-refractivity contribution in [3.8, 4) is 5.75 Å². The molecule has 0 spiro atoms. The van der Waals surface area contributed by atoms with Crippen molar-refractivity contribution in [3.05, 3.63) is 23.4 Å². The number of benzene rings is 1. The van der Waals surface area contributed by atoms with Crippen molar-refractivity contribution >= 4 is 11.0 Å². The molecule has 1 N–H and O–H groups in total. The van der Waals surface area contributed by atoms with E-state index in [2.05, 4.69) is 36.5 Å². The van der Waals surface area contributed by atoms with E-state index in [1.807, 2.05) is 0 Å². The van der Waals surface area contributed by atoms with Gasteiger partial charge in [0.1, 0.15) is 5.75 Å². The lowest BCUT2D eigenvalue weighted by atomic mass is 9.92. The molecule has 0 unspecified atom stereocenters. The smallest absolute Gasteiger partial charge is 0.173 e. The average molecular weight is 302 g/mol. The van der Waals surface area contributed by atoms with Crippen molar-refractivity contribution in [1.82, 2.24) is 10.5 Å². The monoisotopic (exact) mass is 302 g/mol. The largest absolute Gasteiger partial charge is 0.493 e. The highest BCUT2D eigenvalue weighted by atomic mass is 16.5. The maximum atomic E-state index is 5.76. The summed E-state index contributed by atoms with van der Waals surface area (Å²) in [6, 6.07) is 4.15. The van der Waals surface area contributed by atoms with Crippen molar-refractivity contribution < 1.29 is 9.26 Å². The minimum Gasteiger partial charge on any atom is -0.493 e. The maximum absolute atomic E-state index is 5.76. The van der Waals surface area contributed by atoms with Gasteiger partial charge in [0.15, 0.2) is 5.58 Å². The van der Waals surface area contributed by atoms with Gasteiger partial charge >= 0.3 is 0 Å². The van der Waals surface area contributed by atoms with Gasteiger partial charge in [-0.15, -0.1) is 0 Å². The van der Waals surface area contributed by atoms with E-state index in [0.717, 1.165) is 66.4 Å². The molecule has 0 atom stereocenters. The van der Waals surface area contributed by atoms with E-state index < -0.39 is 0 Å². The van der Waals surface area contributed by atoms with E-state index in [9.17, 15) is 0 Å². The third kappa shape index (κ3) is 3.27. The predicted molar refractivity (Wildman–Crippen MR) is 88.4 cm³/mol. The summed E-state index contributed by atoms with van der Waals surface area (Å²) in [5, 5.41) is 8.88. The Hall–Kier alpha value is -1.55. The summed E-state index contributed by atoms with van der Waals surface area (Å²) in [7, 11) is 0. The molecule has 4 heteroatoms. The first-order chi connectivity index (χ1) is 10.8. The quantitative estimate of drug-likeness (QED) is 0.880. The van der Waals surface area contributed by atoms with Crippen LogP contribution in [-0.4, -0.2) is 24.9 Å². The summed E-state index contributed by atoms with van der Waals surface area (Å²) >= 11 is 0. The van der Waals surface area contributed by atoms with E-state index in [-0.39, 0.29) is 0 Å². The van der Waals surface area contributed by atoms with E-state index >= 15 is 0 Å². The molecule has 0 radical (unpaired) electrons. The Bertz CT molecular complexity index is 615. The van der Waals surface area contributed by atoms with Crippen molar-refractivity contribution in [1.29, 1.82) is 0 Å². The fourth-order valence-corrected chi connectivity index (χ4v) is 3.23. The molecule has 0 aliphatic carbocycles. The van der Waals surface area contributed by atoms with Crippen LogP contribution in [0.4, 0.5) is 0 Å². The number of aromatic nitrogens is 1. The molecule has 1 aliphatic rings. The molecule has 4 nitrogen and oxygen atoms in total. The Morgan fingerprint density at radius 1 is 1.32 bits per heavy atom. The Morgan fingerprint density at radius 3 is 2.91 bits per heavy atom. The van der Waals surface area contributed by atoms with Gasteiger partial charge in [-0.25, -0.2) is 0 Å². The van der Waals surface area contributed by atoms with Crippen molar-refractivity contribution in [2.24, 2.45) is 5.92 Å². The maximum Gasteiger partial charge on any atom is 0.173 e. The van der Waals surface area contributed by atoms with Gasteiger partial charge in [-0.3, -0.25) is 0 Å². The van der Waals surface area contributed by atoms with Crippen LogP contribution in [0.2, 0.25) is 0 Å². The lowest BCUT2D eigenvalue weighted by Gasteiger charge is -2.21. The molecule has 1 aromatic heterocycles. The zero-order chi connectivity index (χ0) is 15.4. The molecular weight excluding hydrogens is 276 g/mol. The fraction of sp³-hybridized carbons (Fsp3) is 0.611. The van der Waals surface area contributed by atoms with Crippen LogP contribution in [0.15, 0.2) is 16.7 Å². The number of rotatable bonds is 6. The van der Waals surface area contributed by atoms with Crippen LogP contribution >= 0.6 is 0 Å². The molecule has 2 aromatic rings. The predicted octanol–water partition coefficient (Wildman–Crippen LogP) is 3.86. The molecule has 1 aliphatic heterocycles. The van der Waals surface area contributed by atoms with Gasteiger partial charge in [0.05, 0.1) is 12.3 Å². The third-order valence-corrected chi connectivity index (χ3v) is 4.62. The summed E-state index contributed by atoms with van der Waals surface area (Å²) in [6.07, 6.45) is 5.78. The standard InChI is InChI=1S/C18H26N2O2/c1-3-12-21-17-7-5-15-16(20-22-18(15)13(17)2)6-4-14-8-10-19-11-9-14/h5,7,14,19H,3-4,6,8-12H2,1-2H3. The first kappa shape index (κ1) is 15.3. The van der Waals surface area contributed by atoms with Crippen LogP contribution in [-0.2, 0) is 6.42 Å². The number of aryl methyl sites for hydroxylation is 2. The van der Waals surface area contributed by atoms with E-state index in [0.29, 0.717) is 0 Å². The second-order valence-corrected chi connectivity index (χ2v) is 6.28. The Labute approximate surface area is 132 Å². The van der Waals surface area contributed by atoms with E-state index in [4.69, 9.17) is 9.26 Å². The molecule has 0 saturated carbocycles. The lowest BCUT2D eigenvalue weighted by molar-refractivity contribution is 0.315. The molecule has 1 fully saturated rings. The van der Waals surface area contributed by atoms with Gasteiger partial charge < -0.3 is 14.6 Å². The minimum atomic E-state index is 0.739. The summed E-state index contributed by atoms with van der Waals surface area (Å²) in [5.74, 6) is 1.73. The number of piperidine rings is 1. The summed E-state index contributed by atoms with van der Waals surface area (Å²) < 4.78 is 11.4. The highest BCUT2D eigenvalue weighted by Crippen LogP contribution is 2.30. The van der Waals surface area contributed by atoms with Gasteiger partial charge in [0.25, 0.3) is 0 Å². The molecule has 120 valence electrons. The molecule has 1 saturated heterocycles. The van der Waals surface area contributed by atoms with Gasteiger partial charge in [-0.1, -0.05) is 12.1 Å². The minimum absolute atomic E-state index is 0.739. The zero-order valence-electron chi connectivity index (χ0n) is 13.7. The van der Waals surface area contributed by atoms with Gasteiger partial charge in [-0.05, 0) is 70.2 Å². The molecule has 3 rings (SSSR count). The Balaban J connectivity index is 1.72. The SMILES string of the molecule is CCCOc1ccc2c(CCC3CCNCC3)noc2c1C. The van der Waals surface area contributed by atoms with Gasteiger partial charge in [-0.2, -0.15) is 0 Å². The number of ether oxygens (including phenoxy) is 1. The first-order valence-corrected chi connectivity index (χ1v) is 8.51. The zero-order valence-corrected chi connectivity index (χ0v) is 13.7. The van der Waals surface area contributed by atoms with Crippen molar-refractivity contribution in [2.45, 2.75) is 46.0 Å². The molecular formula is C18H26N2O2. The number of nitrogens with zero attached hydrogens (tertiary/aromatic N) is 1. The van der Waals surface area contributed by atoms with E-state index in [1.165, 1.54) is 19.3 Å². The number of hydrogen-bond donors (Lipinski definition) is 1. The van der Waals surface area contributed by atoms with Crippen LogP contribution < -0.4 is 10.1 Å². The third-order valence-electron chi connectivity index (χ3n) is 4.62. The highest BCUT2D eigenvalue weighted by Gasteiger charge is 2.17. The average Bonchev–Trinajstić information content (AvgIpc) is 2.97. The van der Waals surface area contributed by atoms with Crippen LogP contribution in [0.25, 0.3) is 11.0 Å². The second-order valence-electron chi connectivity index (χ2n) is 6.28. The van der Waals surface area contributed by atoms with Crippen LogP contribution in [0.5, 0.6) is 5.75 Å². The summed E-state index contributed by atoms with van der Waals surface area (Å²) in [4.78, 5) is 0. The molecule has 22 heavy (non-hydrogen) atoms. The Morgan fingerprint density at radius 2 is 2.14 bits per heavy atom. The van der Waals surface area contributed by atoms with Crippen molar-refractivity contribution in [3.63, 3.8) is 0 Å². The molecule has 2 heterocycles. The molecule has 1 aromatic carbocycles. The van der Waals surface area contributed by atoms with E-state index in [1.54, 1.807) is 0 Å². The number of fused-ring (bicyclic) bond motifs is 1. The first-order valence-electron chi connectivity index (χ1n) is 8.51. The van der Waals surface area contributed by atoms with Gasteiger partial charge in [0.2, 0.25) is 0 Å². The summed E-state index contributed by atoms with van der Waals surface area (Å²) in [6.45, 7) is 7.21. The molecule has 0 bridgehead atoms. The van der Waals surface area contributed by atoms with Crippen LogP contribution in [0.3, 0.4) is 0 Å². The number of nitrogens with one attached hydrogen (secondary N) is 1. The second kappa shape index (κ2) is 7.14. The van der Waals surface area contributed by atoms with Crippen molar-refractivity contribution in [2.75, 3.05) is 19.7 Å². The fourth-order valence-electron chi connectivity index (χ4n) is 3.23. The normalized spacial score (nSPS) is 16.3. The summed E-state index contributed by atoms with van der Waals surface area (Å²) in [5.41, 5.74) is 3.04. The Kier molecular flexibility index (Phi) is 4.98. The van der Waals surface area contributed by atoms with Crippen LogP contribution in [0, 0.1) is 12.8 Å². The highest BCUT2D eigenvalue weighted by molar-refractivity contribution is 5.84. The van der Waals surface area contributed by atoms with Crippen LogP contribution in [0.1, 0.15) is 43.9 Å². The topological polar surface area (TPSA) is 47.3 Å². The lowest BCUT2D eigenvalue weighted by Crippen LogP contribution is -2.27.